The summed E-state index contributed by atoms with van der Waals surface area (Å²) in [5, 5.41) is 11.9. The molecule has 1 aliphatic rings. The largest absolute Gasteiger partial charge is 0.444 e. The van der Waals surface area contributed by atoms with Crippen LogP contribution in [0.2, 0.25) is 0 Å². The average Bonchev–Trinajstić information content (AvgIpc) is 3.30. The number of carbonyl (C=O) groups excluding carboxylic acids is 1. The maximum Gasteiger partial charge on any atom is 0.412 e. The van der Waals surface area contributed by atoms with E-state index in [4.69, 9.17) is 10.5 Å². The fourth-order valence-electron chi connectivity index (χ4n) is 3.67. The molecule has 0 bridgehead atoms. The molecule has 3 N–H and O–H groups in total. The van der Waals surface area contributed by atoms with E-state index in [1.165, 1.54) is 12.1 Å². The number of rotatable bonds is 4. The van der Waals surface area contributed by atoms with Gasteiger partial charge >= 0.3 is 6.09 Å². The van der Waals surface area contributed by atoms with Crippen LogP contribution in [0.15, 0.2) is 48.5 Å². The van der Waals surface area contributed by atoms with Gasteiger partial charge in [-0.3, -0.25) is 5.32 Å². The van der Waals surface area contributed by atoms with Crippen molar-refractivity contribution in [1.29, 1.82) is 5.26 Å². The van der Waals surface area contributed by atoms with Gasteiger partial charge in [-0.05, 0) is 42.5 Å². The zero-order chi connectivity index (χ0) is 20.4. The van der Waals surface area contributed by atoms with Crippen LogP contribution in [0.4, 0.5) is 20.6 Å². The Morgan fingerprint density at radius 1 is 1.24 bits per heavy atom. The number of halogens is 1. The van der Waals surface area contributed by atoms with E-state index in [0.29, 0.717) is 17.1 Å². The molecule has 6 nitrogen and oxygen atoms in total. The number of nitrogens with one attached hydrogen (secondary N) is 1. The second kappa shape index (κ2) is 7.68. The van der Waals surface area contributed by atoms with Gasteiger partial charge < -0.3 is 15.0 Å². The van der Waals surface area contributed by atoms with E-state index in [0.717, 1.165) is 36.1 Å². The Kier molecular flexibility index (Phi) is 4.92. The Morgan fingerprint density at radius 2 is 2.03 bits per heavy atom. The summed E-state index contributed by atoms with van der Waals surface area (Å²) in [6.45, 7) is 0.0900. The summed E-state index contributed by atoms with van der Waals surface area (Å²) in [6.07, 6.45) is 1.81. The molecule has 0 radical (unpaired) electrons. The van der Waals surface area contributed by atoms with Crippen LogP contribution in [-0.4, -0.2) is 10.7 Å². The number of nitriles is 1. The van der Waals surface area contributed by atoms with Crippen molar-refractivity contribution in [2.24, 2.45) is 0 Å². The van der Waals surface area contributed by atoms with Gasteiger partial charge in [-0.2, -0.15) is 5.26 Å². The molecule has 29 heavy (non-hydrogen) atoms. The first kappa shape index (κ1) is 18.6. The second-order valence-corrected chi connectivity index (χ2v) is 6.84. The molecule has 146 valence electrons. The van der Waals surface area contributed by atoms with Crippen molar-refractivity contribution in [3.8, 4) is 11.8 Å². The first-order chi connectivity index (χ1) is 14.1. The lowest BCUT2D eigenvalue weighted by Crippen LogP contribution is -2.14. The van der Waals surface area contributed by atoms with Gasteiger partial charge in [0.05, 0.1) is 11.4 Å². The number of benzene rings is 2. The van der Waals surface area contributed by atoms with Crippen LogP contribution in [0.3, 0.4) is 0 Å². The van der Waals surface area contributed by atoms with E-state index in [1.807, 2.05) is 30.3 Å². The van der Waals surface area contributed by atoms with Crippen molar-refractivity contribution in [3.05, 3.63) is 76.9 Å². The zero-order valence-corrected chi connectivity index (χ0v) is 15.6. The van der Waals surface area contributed by atoms with Gasteiger partial charge in [-0.15, -0.1) is 0 Å². The minimum absolute atomic E-state index is 0.00194. The van der Waals surface area contributed by atoms with Gasteiger partial charge in [-0.25, -0.2) is 9.18 Å². The fraction of sp³-hybridized carbons (Fsp3) is 0.182. The summed E-state index contributed by atoms with van der Waals surface area (Å²) in [7, 11) is 0. The number of hydrogen-bond donors (Lipinski definition) is 2. The molecule has 0 spiro atoms. The molecule has 1 heterocycles. The lowest BCUT2D eigenvalue weighted by atomic mass is 10.2. The number of nitrogens with zero attached hydrogens (tertiary/aromatic N) is 2. The molecule has 7 heteroatoms. The molecule has 1 aromatic heterocycles. The minimum Gasteiger partial charge on any atom is -0.444 e. The number of nitrogens with two attached hydrogens (primary N) is 1. The monoisotopic (exact) mass is 390 g/mol. The van der Waals surface area contributed by atoms with Crippen LogP contribution in [0, 0.1) is 17.1 Å². The highest BCUT2D eigenvalue weighted by molar-refractivity contribution is 5.85. The first-order valence-electron chi connectivity index (χ1n) is 9.28. The van der Waals surface area contributed by atoms with E-state index < -0.39 is 11.9 Å². The van der Waals surface area contributed by atoms with Crippen LogP contribution < -0.4 is 11.1 Å². The number of fused-ring (bicyclic) bond motifs is 1. The molecule has 0 saturated carbocycles. The lowest BCUT2D eigenvalue weighted by Gasteiger charge is -2.12. The van der Waals surface area contributed by atoms with E-state index >= 15 is 0 Å². The smallest absolute Gasteiger partial charge is 0.412 e. The highest BCUT2D eigenvalue weighted by atomic mass is 19.1. The van der Waals surface area contributed by atoms with Gasteiger partial charge in [0.2, 0.25) is 0 Å². The maximum atomic E-state index is 14.7. The molecule has 0 fully saturated rings. The number of aromatic nitrogens is 1. The Bertz CT molecular complexity index is 1120. The van der Waals surface area contributed by atoms with Gasteiger partial charge in [0, 0.05) is 17.4 Å². The van der Waals surface area contributed by atoms with Gasteiger partial charge in [0.15, 0.2) is 0 Å². The van der Waals surface area contributed by atoms with Gasteiger partial charge in [0.25, 0.3) is 0 Å². The summed E-state index contributed by atoms with van der Waals surface area (Å²) in [6, 6.07) is 15.7. The summed E-state index contributed by atoms with van der Waals surface area (Å²) in [5.41, 5.74) is 10.1. The lowest BCUT2D eigenvalue weighted by molar-refractivity contribution is 0.155. The van der Waals surface area contributed by atoms with Crippen LogP contribution in [0.5, 0.6) is 0 Å². The quantitative estimate of drug-likeness (QED) is 0.694. The summed E-state index contributed by atoms with van der Waals surface area (Å²) in [5.74, 6) is -0.623. The third-order valence-electron chi connectivity index (χ3n) is 5.03. The van der Waals surface area contributed by atoms with Gasteiger partial charge in [-0.1, -0.05) is 30.3 Å². The third-order valence-corrected chi connectivity index (χ3v) is 5.03. The summed E-state index contributed by atoms with van der Waals surface area (Å²) in [4.78, 5) is 12.0. The molecule has 0 saturated heterocycles. The van der Waals surface area contributed by atoms with Crippen molar-refractivity contribution in [3.63, 3.8) is 0 Å². The number of carbonyl (C=O) groups is 1. The Labute approximate surface area is 167 Å². The van der Waals surface area contributed by atoms with Crippen LogP contribution in [0.25, 0.3) is 5.69 Å². The highest BCUT2D eigenvalue weighted by Crippen LogP contribution is 2.35. The number of amides is 1. The second-order valence-electron chi connectivity index (χ2n) is 6.84. The molecular weight excluding hydrogens is 371 g/mol. The van der Waals surface area contributed by atoms with Crippen molar-refractivity contribution in [1.82, 2.24) is 4.57 Å². The van der Waals surface area contributed by atoms with Crippen molar-refractivity contribution in [2.75, 3.05) is 11.1 Å². The number of hydrogen-bond acceptors (Lipinski definition) is 4. The SMILES string of the molecule is N#Cc1c(N)c2c(n1-c1ccc(NC(=O)OCc3ccccc3)c(F)c1)CCC2. The van der Waals surface area contributed by atoms with Crippen LogP contribution in [-0.2, 0) is 24.2 Å². The fourth-order valence-corrected chi connectivity index (χ4v) is 3.67. The predicted molar refractivity (Wildman–Crippen MR) is 107 cm³/mol. The first-order valence-corrected chi connectivity index (χ1v) is 9.28. The van der Waals surface area contributed by atoms with Crippen LogP contribution >= 0.6 is 0 Å². The topological polar surface area (TPSA) is 93.1 Å². The molecule has 1 amide bonds. The molecule has 3 aromatic rings. The Morgan fingerprint density at radius 3 is 2.76 bits per heavy atom. The highest BCUT2D eigenvalue weighted by Gasteiger charge is 2.25. The standard InChI is InChI=1S/C22H19FN4O2/c23-17-11-15(27-19-8-4-7-16(19)21(25)20(27)12-24)9-10-18(17)26-22(28)29-13-14-5-2-1-3-6-14/h1-3,5-6,9-11H,4,7-8,13,25H2,(H,26,28). The molecule has 1 aliphatic carbocycles. The number of ether oxygens (including phenoxy) is 1. The normalized spacial score (nSPS) is 12.3. The molecule has 0 aliphatic heterocycles. The zero-order valence-electron chi connectivity index (χ0n) is 15.6. The number of nitrogen functional groups attached to an aromatic ring is 1. The van der Waals surface area contributed by atoms with Crippen molar-refractivity contribution in [2.45, 2.75) is 25.9 Å². The molecule has 0 unspecified atom stereocenters. The van der Waals surface area contributed by atoms with E-state index in [1.54, 1.807) is 10.6 Å². The average molecular weight is 390 g/mol. The summed E-state index contributed by atoms with van der Waals surface area (Å²) >= 11 is 0. The van der Waals surface area contributed by atoms with Crippen molar-refractivity contribution >= 4 is 17.5 Å². The summed E-state index contributed by atoms with van der Waals surface area (Å²) < 4.78 is 21.5. The van der Waals surface area contributed by atoms with E-state index in [-0.39, 0.29) is 12.3 Å². The minimum atomic E-state index is -0.746. The Balaban J connectivity index is 1.53. The maximum absolute atomic E-state index is 14.7. The number of anilines is 2. The van der Waals surface area contributed by atoms with Gasteiger partial charge in [0.1, 0.15) is 24.2 Å². The molecule has 0 atom stereocenters. The molecular formula is C22H19FN4O2. The van der Waals surface area contributed by atoms with E-state index in [2.05, 4.69) is 11.4 Å². The molecule has 4 rings (SSSR count). The van der Waals surface area contributed by atoms with E-state index in [9.17, 15) is 14.4 Å². The van der Waals surface area contributed by atoms with Crippen molar-refractivity contribution < 1.29 is 13.9 Å². The predicted octanol–water partition coefficient (Wildman–Crippen LogP) is 4.31. The third kappa shape index (κ3) is 3.52. The van der Waals surface area contributed by atoms with Crippen LogP contribution in [0.1, 0.15) is 28.9 Å². The Hall–Kier alpha value is -3.79. The molecule has 2 aromatic carbocycles.